The molecule has 2 aromatic carbocycles. The van der Waals surface area contributed by atoms with Crippen molar-refractivity contribution in [3.05, 3.63) is 53.6 Å². The van der Waals surface area contributed by atoms with Gasteiger partial charge in [-0.2, -0.15) is 0 Å². The zero-order chi connectivity index (χ0) is 14.7. The van der Waals surface area contributed by atoms with E-state index in [9.17, 15) is 4.79 Å². The van der Waals surface area contributed by atoms with Gasteiger partial charge >= 0.3 is 5.97 Å². The molecule has 20 heavy (non-hydrogen) atoms. The predicted octanol–water partition coefficient (Wildman–Crippen LogP) is 3.86. The number of hydrogen-bond acceptors (Lipinski definition) is 2. The first kappa shape index (κ1) is 14.1. The predicted molar refractivity (Wildman–Crippen MR) is 79.2 cm³/mol. The van der Waals surface area contributed by atoms with Crippen molar-refractivity contribution in [2.75, 3.05) is 7.11 Å². The summed E-state index contributed by atoms with van der Waals surface area (Å²) in [6, 6.07) is 13.6. The first-order valence-electron chi connectivity index (χ1n) is 6.51. The van der Waals surface area contributed by atoms with Gasteiger partial charge in [-0.3, -0.25) is 4.79 Å². The standard InChI is InChI=1S/C17H18O3/c1-11-10-13(12(2)17(18)19)8-9-14(11)15-6-4-5-7-16(15)20-3/h4-10,12H,1-3H3,(H,18,19). The summed E-state index contributed by atoms with van der Waals surface area (Å²) in [5, 5.41) is 9.07. The normalized spacial score (nSPS) is 11.9. The lowest BCUT2D eigenvalue weighted by molar-refractivity contribution is -0.138. The van der Waals surface area contributed by atoms with Crippen molar-refractivity contribution in [1.29, 1.82) is 0 Å². The first-order chi connectivity index (χ1) is 9.54. The Bertz CT molecular complexity index is 632. The van der Waals surface area contributed by atoms with Gasteiger partial charge < -0.3 is 9.84 Å². The molecule has 2 aromatic rings. The van der Waals surface area contributed by atoms with Crippen LogP contribution in [0, 0.1) is 6.92 Å². The van der Waals surface area contributed by atoms with E-state index in [0.717, 1.165) is 28.0 Å². The molecule has 1 unspecified atom stereocenters. The van der Waals surface area contributed by atoms with Crippen LogP contribution in [0.5, 0.6) is 5.75 Å². The Kier molecular flexibility index (Phi) is 4.08. The summed E-state index contributed by atoms with van der Waals surface area (Å²) >= 11 is 0. The monoisotopic (exact) mass is 270 g/mol. The summed E-state index contributed by atoms with van der Waals surface area (Å²) in [5.74, 6) is -0.496. The molecule has 0 fully saturated rings. The Morgan fingerprint density at radius 1 is 1.15 bits per heavy atom. The van der Waals surface area contributed by atoms with Crippen molar-refractivity contribution >= 4 is 5.97 Å². The van der Waals surface area contributed by atoms with Crippen molar-refractivity contribution in [3.8, 4) is 16.9 Å². The maximum Gasteiger partial charge on any atom is 0.310 e. The van der Waals surface area contributed by atoms with Gasteiger partial charge in [-0.25, -0.2) is 0 Å². The van der Waals surface area contributed by atoms with Crippen LogP contribution in [-0.2, 0) is 4.79 Å². The maximum atomic E-state index is 11.0. The van der Waals surface area contributed by atoms with Crippen LogP contribution >= 0.6 is 0 Å². The molecular weight excluding hydrogens is 252 g/mol. The quantitative estimate of drug-likeness (QED) is 0.917. The van der Waals surface area contributed by atoms with Crippen LogP contribution in [-0.4, -0.2) is 18.2 Å². The molecule has 2 rings (SSSR count). The van der Waals surface area contributed by atoms with E-state index in [0.29, 0.717) is 0 Å². The molecule has 0 aliphatic rings. The third-order valence-electron chi connectivity index (χ3n) is 3.52. The molecule has 0 amide bonds. The highest BCUT2D eigenvalue weighted by molar-refractivity contribution is 5.78. The number of para-hydroxylation sites is 1. The van der Waals surface area contributed by atoms with Crippen LogP contribution in [0.3, 0.4) is 0 Å². The van der Waals surface area contributed by atoms with Gasteiger partial charge in [0, 0.05) is 5.56 Å². The summed E-state index contributed by atoms with van der Waals surface area (Å²) in [6.07, 6.45) is 0. The summed E-state index contributed by atoms with van der Waals surface area (Å²) in [5.41, 5.74) is 3.93. The Morgan fingerprint density at radius 3 is 2.45 bits per heavy atom. The number of carboxylic acid groups (broad SMARTS) is 1. The summed E-state index contributed by atoms with van der Waals surface area (Å²) in [6.45, 7) is 3.68. The largest absolute Gasteiger partial charge is 0.496 e. The first-order valence-corrected chi connectivity index (χ1v) is 6.51. The van der Waals surface area contributed by atoms with Gasteiger partial charge in [-0.15, -0.1) is 0 Å². The second kappa shape index (κ2) is 5.78. The van der Waals surface area contributed by atoms with Crippen molar-refractivity contribution in [1.82, 2.24) is 0 Å². The molecule has 0 spiro atoms. The molecule has 0 bridgehead atoms. The van der Waals surface area contributed by atoms with Gasteiger partial charge in [0.15, 0.2) is 0 Å². The molecule has 0 aliphatic carbocycles. The number of aryl methyl sites for hydroxylation is 1. The van der Waals surface area contributed by atoms with Crippen molar-refractivity contribution < 1.29 is 14.6 Å². The molecule has 3 heteroatoms. The topological polar surface area (TPSA) is 46.5 Å². The molecule has 104 valence electrons. The van der Waals surface area contributed by atoms with E-state index >= 15 is 0 Å². The van der Waals surface area contributed by atoms with Crippen LogP contribution in [0.15, 0.2) is 42.5 Å². The number of carboxylic acids is 1. The van der Waals surface area contributed by atoms with Gasteiger partial charge in [-0.1, -0.05) is 36.4 Å². The summed E-state index contributed by atoms with van der Waals surface area (Å²) in [4.78, 5) is 11.0. The molecule has 0 aromatic heterocycles. The van der Waals surface area contributed by atoms with E-state index in [1.807, 2.05) is 49.4 Å². The second-order valence-corrected chi connectivity index (χ2v) is 4.83. The SMILES string of the molecule is COc1ccccc1-c1ccc(C(C)C(=O)O)cc1C. The van der Waals surface area contributed by atoms with Crippen LogP contribution in [0.1, 0.15) is 24.0 Å². The number of carbonyl (C=O) groups is 1. The van der Waals surface area contributed by atoms with E-state index in [1.54, 1.807) is 14.0 Å². The molecule has 1 N–H and O–H groups in total. The number of rotatable bonds is 4. The van der Waals surface area contributed by atoms with Gasteiger partial charge in [-0.05, 0) is 36.6 Å². The lowest BCUT2D eigenvalue weighted by Crippen LogP contribution is -2.07. The second-order valence-electron chi connectivity index (χ2n) is 4.83. The number of aliphatic carboxylic acids is 1. The van der Waals surface area contributed by atoms with Gasteiger partial charge in [0.05, 0.1) is 13.0 Å². The minimum atomic E-state index is -0.811. The van der Waals surface area contributed by atoms with E-state index in [1.165, 1.54) is 0 Å². The fourth-order valence-corrected chi connectivity index (χ4v) is 2.27. The van der Waals surface area contributed by atoms with Crippen molar-refractivity contribution in [2.24, 2.45) is 0 Å². The molecule has 0 saturated heterocycles. The molecule has 1 atom stereocenters. The Hall–Kier alpha value is -2.29. The highest BCUT2D eigenvalue weighted by Crippen LogP contribution is 2.33. The highest BCUT2D eigenvalue weighted by atomic mass is 16.5. The van der Waals surface area contributed by atoms with Crippen LogP contribution in [0.4, 0.5) is 0 Å². The Labute approximate surface area is 118 Å². The third kappa shape index (κ3) is 2.67. The average Bonchev–Trinajstić information content (AvgIpc) is 2.46. The molecule has 0 radical (unpaired) electrons. The van der Waals surface area contributed by atoms with E-state index in [4.69, 9.17) is 9.84 Å². The zero-order valence-corrected chi connectivity index (χ0v) is 11.9. The minimum Gasteiger partial charge on any atom is -0.496 e. The number of hydrogen-bond donors (Lipinski definition) is 1. The Morgan fingerprint density at radius 2 is 1.85 bits per heavy atom. The van der Waals surface area contributed by atoms with E-state index in [2.05, 4.69) is 0 Å². The fourth-order valence-electron chi connectivity index (χ4n) is 2.27. The number of benzene rings is 2. The van der Waals surface area contributed by atoms with Gasteiger partial charge in [0.1, 0.15) is 5.75 Å². The van der Waals surface area contributed by atoms with Crippen LogP contribution in [0.2, 0.25) is 0 Å². The molecular formula is C17H18O3. The number of ether oxygens (including phenoxy) is 1. The van der Waals surface area contributed by atoms with Crippen LogP contribution in [0.25, 0.3) is 11.1 Å². The lowest BCUT2D eigenvalue weighted by atomic mass is 9.93. The summed E-state index contributed by atoms with van der Waals surface area (Å²) < 4.78 is 5.38. The molecule has 0 saturated carbocycles. The highest BCUT2D eigenvalue weighted by Gasteiger charge is 2.15. The zero-order valence-electron chi connectivity index (χ0n) is 11.9. The average molecular weight is 270 g/mol. The van der Waals surface area contributed by atoms with Gasteiger partial charge in [0.25, 0.3) is 0 Å². The van der Waals surface area contributed by atoms with Crippen LogP contribution < -0.4 is 4.74 Å². The lowest BCUT2D eigenvalue weighted by Gasteiger charge is -2.13. The number of methoxy groups -OCH3 is 1. The minimum absolute atomic E-state index is 0.500. The Balaban J connectivity index is 2.47. The maximum absolute atomic E-state index is 11.0. The molecule has 0 heterocycles. The summed E-state index contributed by atoms with van der Waals surface area (Å²) in [7, 11) is 1.65. The van der Waals surface area contributed by atoms with Crippen molar-refractivity contribution in [3.63, 3.8) is 0 Å². The third-order valence-corrected chi connectivity index (χ3v) is 3.52. The van der Waals surface area contributed by atoms with Crippen molar-refractivity contribution in [2.45, 2.75) is 19.8 Å². The van der Waals surface area contributed by atoms with E-state index in [-0.39, 0.29) is 0 Å². The van der Waals surface area contributed by atoms with E-state index < -0.39 is 11.9 Å². The molecule has 3 nitrogen and oxygen atoms in total. The molecule has 0 aliphatic heterocycles. The fraction of sp³-hybridized carbons (Fsp3) is 0.235. The smallest absolute Gasteiger partial charge is 0.310 e. The van der Waals surface area contributed by atoms with Gasteiger partial charge in [0.2, 0.25) is 0 Å².